The molecule has 1 aliphatic heterocycles. The summed E-state index contributed by atoms with van der Waals surface area (Å²) in [6, 6.07) is 3.56. The van der Waals surface area contributed by atoms with Gasteiger partial charge in [-0.3, -0.25) is 14.5 Å². The second-order valence-corrected chi connectivity index (χ2v) is 7.55. The van der Waals surface area contributed by atoms with Crippen LogP contribution in [-0.4, -0.2) is 36.3 Å². The number of methoxy groups -OCH3 is 1. The predicted octanol–water partition coefficient (Wildman–Crippen LogP) is 5.03. The first kappa shape index (κ1) is 20.3. The molecule has 0 atom stereocenters. The molecule has 1 aliphatic rings. The molecule has 7 heteroatoms. The molecule has 2 amide bonds. The van der Waals surface area contributed by atoms with Crippen LogP contribution in [0.5, 0.6) is 11.5 Å². The highest BCUT2D eigenvalue weighted by molar-refractivity contribution is 9.10. The van der Waals surface area contributed by atoms with Crippen LogP contribution < -0.4 is 9.47 Å². The lowest BCUT2D eigenvalue weighted by atomic mass is 10.1. The Kier molecular flexibility index (Phi) is 7.11. The van der Waals surface area contributed by atoms with Gasteiger partial charge in [-0.05, 0) is 59.8 Å². The molecule has 26 heavy (non-hydrogen) atoms. The number of ether oxygens (including phenoxy) is 2. The highest BCUT2D eigenvalue weighted by atomic mass is 79.9. The maximum Gasteiger partial charge on any atom is 0.293 e. The standard InChI is InChI=1S/C19H20BrNO4S/c1-5-7-21-18(22)17(26-19(21)23)10-13-9-14(20)16(11-15(13)24-4)25-8-6-12(2)3/h5-6,9-11H,1,7-8H2,2-4H3/b17-10-. The van der Waals surface area contributed by atoms with Gasteiger partial charge in [0.05, 0.1) is 16.5 Å². The third kappa shape index (κ3) is 4.80. The number of imide groups is 1. The first-order valence-electron chi connectivity index (χ1n) is 7.87. The maximum absolute atomic E-state index is 12.4. The lowest BCUT2D eigenvalue weighted by Crippen LogP contribution is -2.27. The summed E-state index contributed by atoms with van der Waals surface area (Å²) in [5, 5.41) is -0.305. The molecule has 138 valence electrons. The zero-order valence-electron chi connectivity index (χ0n) is 14.9. The second-order valence-electron chi connectivity index (χ2n) is 5.70. The minimum Gasteiger partial charge on any atom is -0.496 e. The van der Waals surface area contributed by atoms with Crippen molar-refractivity contribution in [2.45, 2.75) is 13.8 Å². The summed E-state index contributed by atoms with van der Waals surface area (Å²) < 4.78 is 11.9. The van der Waals surface area contributed by atoms with Gasteiger partial charge in [-0.25, -0.2) is 0 Å². The molecule has 0 N–H and O–H groups in total. The van der Waals surface area contributed by atoms with Crippen molar-refractivity contribution in [3.63, 3.8) is 0 Å². The Bertz CT molecular complexity index is 797. The van der Waals surface area contributed by atoms with Gasteiger partial charge in [0, 0.05) is 18.2 Å². The summed E-state index contributed by atoms with van der Waals surface area (Å²) in [5.41, 5.74) is 1.85. The van der Waals surface area contributed by atoms with Gasteiger partial charge in [-0.2, -0.15) is 0 Å². The molecular formula is C19H20BrNO4S. The summed E-state index contributed by atoms with van der Waals surface area (Å²) in [6.07, 6.45) is 5.15. The first-order valence-corrected chi connectivity index (χ1v) is 9.48. The van der Waals surface area contributed by atoms with E-state index in [9.17, 15) is 9.59 Å². The minimum absolute atomic E-state index is 0.194. The van der Waals surface area contributed by atoms with Crippen LogP contribution >= 0.6 is 27.7 Å². The van der Waals surface area contributed by atoms with Crippen LogP contribution in [0.15, 0.2) is 45.8 Å². The van der Waals surface area contributed by atoms with E-state index in [0.717, 1.165) is 21.1 Å². The Morgan fingerprint density at radius 3 is 2.65 bits per heavy atom. The van der Waals surface area contributed by atoms with Gasteiger partial charge in [0.1, 0.15) is 18.1 Å². The lowest BCUT2D eigenvalue weighted by Gasteiger charge is -2.12. The van der Waals surface area contributed by atoms with Crippen LogP contribution in [0, 0.1) is 0 Å². The SMILES string of the molecule is C=CCN1C(=O)S/C(=C\c2cc(Br)c(OCC=C(C)C)cc2OC)C1=O. The minimum atomic E-state index is -0.332. The molecule has 2 rings (SSSR count). The number of amides is 2. The second kappa shape index (κ2) is 9.09. The molecule has 0 aliphatic carbocycles. The monoisotopic (exact) mass is 437 g/mol. The van der Waals surface area contributed by atoms with E-state index in [0.29, 0.717) is 28.6 Å². The van der Waals surface area contributed by atoms with Crippen molar-refractivity contribution < 1.29 is 19.1 Å². The number of hydrogen-bond donors (Lipinski definition) is 0. The normalized spacial score (nSPS) is 15.4. The van der Waals surface area contributed by atoms with Crippen LogP contribution in [0.3, 0.4) is 0 Å². The molecule has 0 bridgehead atoms. The van der Waals surface area contributed by atoms with Gasteiger partial charge >= 0.3 is 0 Å². The average molecular weight is 438 g/mol. The topological polar surface area (TPSA) is 55.8 Å². The quantitative estimate of drug-likeness (QED) is 0.442. The predicted molar refractivity (Wildman–Crippen MR) is 108 cm³/mol. The van der Waals surface area contributed by atoms with Crippen molar-refractivity contribution in [3.8, 4) is 11.5 Å². The first-order chi connectivity index (χ1) is 12.4. The number of carbonyl (C=O) groups excluding carboxylic acids is 2. The lowest BCUT2D eigenvalue weighted by molar-refractivity contribution is -0.122. The van der Waals surface area contributed by atoms with E-state index in [1.165, 1.54) is 11.6 Å². The van der Waals surface area contributed by atoms with Crippen molar-refractivity contribution in [1.29, 1.82) is 0 Å². The van der Waals surface area contributed by atoms with Crippen molar-refractivity contribution in [3.05, 3.63) is 51.4 Å². The Labute approximate surface area is 165 Å². The highest BCUT2D eigenvalue weighted by Gasteiger charge is 2.34. The van der Waals surface area contributed by atoms with Crippen LogP contribution in [-0.2, 0) is 4.79 Å². The van der Waals surface area contributed by atoms with Crippen LogP contribution in [0.1, 0.15) is 19.4 Å². The Hall–Kier alpha value is -1.99. The molecule has 0 unspecified atom stereocenters. The molecule has 1 saturated heterocycles. The number of nitrogens with zero attached hydrogens (tertiary/aromatic N) is 1. The Morgan fingerprint density at radius 2 is 2.04 bits per heavy atom. The summed E-state index contributed by atoms with van der Waals surface area (Å²) in [5.74, 6) is 0.856. The molecule has 5 nitrogen and oxygen atoms in total. The molecule has 1 fully saturated rings. The van der Waals surface area contributed by atoms with Crippen molar-refractivity contribution >= 4 is 44.9 Å². The molecular weight excluding hydrogens is 418 g/mol. The molecule has 0 spiro atoms. The molecule has 0 radical (unpaired) electrons. The van der Waals surface area contributed by atoms with Gasteiger partial charge in [-0.1, -0.05) is 11.6 Å². The molecule has 0 aromatic heterocycles. The molecule has 1 aromatic rings. The van der Waals surface area contributed by atoms with Crippen molar-refractivity contribution in [1.82, 2.24) is 4.90 Å². The van der Waals surface area contributed by atoms with E-state index in [2.05, 4.69) is 22.5 Å². The Morgan fingerprint density at radius 1 is 1.31 bits per heavy atom. The molecule has 1 heterocycles. The summed E-state index contributed by atoms with van der Waals surface area (Å²) >= 11 is 4.38. The molecule has 1 aromatic carbocycles. The van der Waals surface area contributed by atoms with Gasteiger partial charge in [0.15, 0.2) is 0 Å². The van der Waals surface area contributed by atoms with E-state index in [-0.39, 0.29) is 17.7 Å². The summed E-state index contributed by atoms with van der Waals surface area (Å²) in [7, 11) is 1.55. The Balaban J connectivity index is 2.31. The molecule has 0 saturated carbocycles. The van der Waals surface area contributed by atoms with E-state index >= 15 is 0 Å². The zero-order chi connectivity index (χ0) is 19.3. The van der Waals surface area contributed by atoms with E-state index in [1.807, 2.05) is 19.9 Å². The van der Waals surface area contributed by atoms with Crippen LogP contribution in [0.2, 0.25) is 0 Å². The van der Waals surface area contributed by atoms with Gasteiger partial charge in [-0.15, -0.1) is 6.58 Å². The average Bonchev–Trinajstić information content (AvgIpc) is 2.84. The smallest absolute Gasteiger partial charge is 0.293 e. The van der Waals surface area contributed by atoms with Crippen LogP contribution in [0.4, 0.5) is 4.79 Å². The maximum atomic E-state index is 12.4. The fraction of sp³-hybridized carbons (Fsp3) is 0.263. The van der Waals surface area contributed by atoms with Crippen molar-refractivity contribution in [2.24, 2.45) is 0 Å². The van der Waals surface area contributed by atoms with Crippen molar-refractivity contribution in [2.75, 3.05) is 20.3 Å². The third-order valence-electron chi connectivity index (χ3n) is 3.49. The number of benzene rings is 1. The van der Waals surface area contributed by atoms with E-state index in [4.69, 9.17) is 9.47 Å². The van der Waals surface area contributed by atoms with E-state index in [1.54, 1.807) is 25.3 Å². The fourth-order valence-corrected chi connectivity index (χ4v) is 3.49. The fourth-order valence-electron chi connectivity index (χ4n) is 2.18. The van der Waals surface area contributed by atoms with Gasteiger partial charge < -0.3 is 9.47 Å². The highest BCUT2D eigenvalue weighted by Crippen LogP contribution is 2.37. The van der Waals surface area contributed by atoms with Gasteiger partial charge in [0.2, 0.25) is 0 Å². The summed E-state index contributed by atoms with van der Waals surface area (Å²) in [6.45, 7) is 8.21. The number of hydrogen-bond acceptors (Lipinski definition) is 5. The number of allylic oxidation sites excluding steroid dienone is 1. The third-order valence-corrected chi connectivity index (χ3v) is 5.01. The number of rotatable bonds is 7. The van der Waals surface area contributed by atoms with E-state index < -0.39 is 0 Å². The largest absolute Gasteiger partial charge is 0.496 e. The number of thioether (sulfide) groups is 1. The van der Waals surface area contributed by atoms with Crippen LogP contribution in [0.25, 0.3) is 6.08 Å². The zero-order valence-corrected chi connectivity index (χ0v) is 17.3. The number of halogens is 1. The van der Waals surface area contributed by atoms with Gasteiger partial charge in [0.25, 0.3) is 11.1 Å². The number of carbonyl (C=O) groups is 2. The summed E-state index contributed by atoms with van der Waals surface area (Å²) in [4.78, 5) is 25.8.